The van der Waals surface area contributed by atoms with Crippen molar-refractivity contribution in [2.45, 2.75) is 20.5 Å². The predicted molar refractivity (Wildman–Crippen MR) is 87.7 cm³/mol. The molecule has 112 valence electrons. The molecule has 0 unspecified atom stereocenters. The number of halogens is 1. The van der Waals surface area contributed by atoms with E-state index in [-0.39, 0.29) is 6.61 Å². The van der Waals surface area contributed by atoms with Crippen molar-refractivity contribution in [1.29, 1.82) is 0 Å². The molecule has 1 heterocycles. The molecule has 0 aliphatic carbocycles. The Morgan fingerprint density at radius 2 is 1.86 bits per heavy atom. The smallest absolute Gasteiger partial charge is 0.264 e. The van der Waals surface area contributed by atoms with Crippen molar-refractivity contribution in [3.05, 3.63) is 64.0 Å². The molecular weight excluding hydrogens is 344 g/mol. The second-order valence-electron chi connectivity index (χ2n) is 5.13. The monoisotopic (exact) mass is 358 g/mol. The van der Waals surface area contributed by atoms with Gasteiger partial charge in [-0.3, -0.25) is 0 Å². The van der Waals surface area contributed by atoms with E-state index in [9.17, 15) is 0 Å². The zero-order valence-corrected chi connectivity index (χ0v) is 13.9. The minimum absolute atomic E-state index is 0.254. The Kier molecular flexibility index (Phi) is 4.24. The molecule has 0 amide bonds. The van der Waals surface area contributed by atoms with Gasteiger partial charge in [-0.25, -0.2) is 0 Å². The normalized spacial score (nSPS) is 10.7. The van der Waals surface area contributed by atoms with E-state index in [1.807, 2.05) is 50.2 Å². The summed E-state index contributed by atoms with van der Waals surface area (Å²) in [5, 5.41) is 3.99. The SMILES string of the molecule is Cc1cc(C)cc(OCc2nc(-c3cccc(Br)c3)no2)c1. The van der Waals surface area contributed by atoms with E-state index in [0.29, 0.717) is 11.7 Å². The topological polar surface area (TPSA) is 48.2 Å². The number of aryl methyl sites for hydroxylation is 2. The van der Waals surface area contributed by atoms with Crippen LogP contribution in [0.15, 0.2) is 51.5 Å². The van der Waals surface area contributed by atoms with E-state index in [1.54, 1.807) is 0 Å². The molecular formula is C17H15BrN2O2. The third kappa shape index (κ3) is 3.54. The van der Waals surface area contributed by atoms with Crippen molar-refractivity contribution >= 4 is 15.9 Å². The maximum Gasteiger partial charge on any atom is 0.264 e. The fourth-order valence-corrected chi connectivity index (χ4v) is 2.62. The van der Waals surface area contributed by atoms with Gasteiger partial charge in [-0.1, -0.05) is 39.3 Å². The van der Waals surface area contributed by atoms with Crippen molar-refractivity contribution < 1.29 is 9.26 Å². The zero-order valence-electron chi connectivity index (χ0n) is 12.3. The molecule has 22 heavy (non-hydrogen) atoms. The van der Waals surface area contributed by atoms with Gasteiger partial charge in [0.2, 0.25) is 5.82 Å². The number of hydrogen-bond donors (Lipinski definition) is 0. The largest absolute Gasteiger partial charge is 0.484 e. The number of rotatable bonds is 4. The lowest BCUT2D eigenvalue weighted by Crippen LogP contribution is -1.96. The summed E-state index contributed by atoms with van der Waals surface area (Å²) in [6, 6.07) is 13.8. The molecule has 0 saturated heterocycles. The molecule has 4 nitrogen and oxygen atoms in total. The van der Waals surface area contributed by atoms with E-state index in [1.165, 1.54) is 0 Å². The van der Waals surface area contributed by atoms with Crippen LogP contribution in [0, 0.1) is 13.8 Å². The fraction of sp³-hybridized carbons (Fsp3) is 0.176. The molecule has 0 N–H and O–H groups in total. The van der Waals surface area contributed by atoms with E-state index in [0.717, 1.165) is 26.9 Å². The van der Waals surface area contributed by atoms with Gasteiger partial charge in [-0.15, -0.1) is 0 Å². The van der Waals surface area contributed by atoms with Crippen LogP contribution in [0.5, 0.6) is 5.75 Å². The summed E-state index contributed by atoms with van der Waals surface area (Å²) in [6.07, 6.45) is 0. The Labute approximate surface area is 137 Å². The van der Waals surface area contributed by atoms with Crippen LogP contribution in [0.4, 0.5) is 0 Å². The van der Waals surface area contributed by atoms with Crippen LogP contribution in [0.1, 0.15) is 17.0 Å². The standard InChI is InChI=1S/C17H15BrN2O2/c1-11-6-12(2)8-15(7-11)21-10-16-19-17(20-22-16)13-4-3-5-14(18)9-13/h3-9H,10H2,1-2H3. The van der Waals surface area contributed by atoms with E-state index in [2.05, 4.69) is 32.1 Å². The Bertz CT molecular complexity index is 779. The molecule has 0 aliphatic rings. The second-order valence-corrected chi connectivity index (χ2v) is 6.05. The lowest BCUT2D eigenvalue weighted by Gasteiger charge is -2.05. The van der Waals surface area contributed by atoms with Crippen LogP contribution in [-0.2, 0) is 6.61 Å². The van der Waals surface area contributed by atoms with Gasteiger partial charge in [0.05, 0.1) is 0 Å². The van der Waals surface area contributed by atoms with E-state index < -0.39 is 0 Å². The first-order valence-corrected chi connectivity index (χ1v) is 7.69. The van der Waals surface area contributed by atoms with Crippen LogP contribution in [0.3, 0.4) is 0 Å². The summed E-state index contributed by atoms with van der Waals surface area (Å²) < 4.78 is 11.9. The summed E-state index contributed by atoms with van der Waals surface area (Å²) in [6.45, 7) is 4.33. The van der Waals surface area contributed by atoms with Gasteiger partial charge in [0, 0.05) is 10.0 Å². The molecule has 3 aromatic rings. The van der Waals surface area contributed by atoms with Crippen molar-refractivity contribution in [2.24, 2.45) is 0 Å². The van der Waals surface area contributed by atoms with Gasteiger partial charge in [0.25, 0.3) is 5.89 Å². The number of nitrogens with zero attached hydrogens (tertiary/aromatic N) is 2. The number of benzene rings is 2. The average Bonchev–Trinajstić information content (AvgIpc) is 2.93. The minimum Gasteiger partial charge on any atom is -0.484 e. The first kappa shape index (κ1) is 14.8. The van der Waals surface area contributed by atoms with Gasteiger partial charge in [0.1, 0.15) is 5.75 Å². The van der Waals surface area contributed by atoms with Gasteiger partial charge in [-0.05, 0) is 49.2 Å². The summed E-state index contributed by atoms with van der Waals surface area (Å²) in [5.74, 6) is 1.81. The fourth-order valence-electron chi connectivity index (χ4n) is 2.22. The average molecular weight is 359 g/mol. The molecule has 0 atom stereocenters. The second kappa shape index (κ2) is 6.32. The first-order chi connectivity index (χ1) is 10.6. The quantitative estimate of drug-likeness (QED) is 0.678. The molecule has 0 aliphatic heterocycles. The van der Waals surface area contributed by atoms with Gasteiger partial charge >= 0.3 is 0 Å². The summed E-state index contributed by atoms with van der Waals surface area (Å²) >= 11 is 3.43. The Hall–Kier alpha value is -2.14. The van der Waals surface area contributed by atoms with Gasteiger partial charge in [0.15, 0.2) is 6.61 Å². The maximum absolute atomic E-state index is 5.72. The predicted octanol–water partition coefficient (Wildman–Crippen LogP) is 4.69. The third-order valence-electron chi connectivity index (χ3n) is 3.11. The molecule has 0 bridgehead atoms. The molecule has 0 fully saturated rings. The van der Waals surface area contributed by atoms with Crippen LogP contribution in [-0.4, -0.2) is 10.1 Å². The molecule has 0 spiro atoms. The number of aromatic nitrogens is 2. The third-order valence-corrected chi connectivity index (χ3v) is 3.60. The van der Waals surface area contributed by atoms with Crippen molar-refractivity contribution in [2.75, 3.05) is 0 Å². The van der Waals surface area contributed by atoms with E-state index >= 15 is 0 Å². The number of ether oxygens (including phenoxy) is 1. The van der Waals surface area contributed by atoms with Gasteiger partial charge < -0.3 is 9.26 Å². The highest BCUT2D eigenvalue weighted by Gasteiger charge is 2.09. The molecule has 2 aromatic carbocycles. The first-order valence-electron chi connectivity index (χ1n) is 6.90. The number of hydrogen-bond acceptors (Lipinski definition) is 4. The Morgan fingerprint density at radius 1 is 1.09 bits per heavy atom. The molecule has 5 heteroatoms. The lowest BCUT2D eigenvalue weighted by atomic mass is 10.1. The Balaban J connectivity index is 1.72. The molecule has 0 saturated carbocycles. The Morgan fingerprint density at radius 3 is 2.59 bits per heavy atom. The zero-order chi connectivity index (χ0) is 15.5. The van der Waals surface area contributed by atoms with Crippen molar-refractivity contribution in [1.82, 2.24) is 10.1 Å². The van der Waals surface area contributed by atoms with Crippen LogP contribution in [0.2, 0.25) is 0 Å². The maximum atomic E-state index is 5.72. The van der Waals surface area contributed by atoms with Gasteiger partial charge in [-0.2, -0.15) is 4.98 Å². The minimum atomic E-state index is 0.254. The molecule has 0 radical (unpaired) electrons. The summed E-state index contributed by atoms with van der Waals surface area (Å²) in [4.78, 5) is 4.36. The lowest BCUT2D eigenvalue weighted by molar-refractivity contribution is 0.242. The molecule has 3 rings (SSSR count). The summed E-state index contributed by atoms with van der Waals surface area (Å²) in [5.41, 5.74) is 3.22. The van der Waals surface area contributed by atoms with E-state index in [4.69, 9.17) is 9.26 Å². The van der Waals surface area contributed by atoms with Crippen LogP contribution >= 0.6 is 15.9 Å². The highest BCUT2D eigenvalue weighted by atomic mass is 79.9. The highest BCUT2D eigenvalue weighted by molar-refractivity contribution is 9.10. The molecule has 1 aromatic heterocycles. The van der Waals surface area contributed by atoms with Crippen LogP contribution in [0.25, 0.3) is 11.4 Å². The summed E-state index contributed by atoms with van der Waals surface area (Å²) in [7, 11) is 0. The van der Waals surface area contributed by atoms with Crippen molar-refractivity contribution in [3.63, 3.8) is 0 Å². The van der Waals surface area contributed by atoms with Crippen LogP contribution < -0.4 is 4.74 Å². The highest BCUT2D eigenvalue weighted by Crippen LogP contribution is 2.21. The van der Waals surface area contributed by atoms with Crippen molar-refractivity contribution in [3.8, 4) is 17.1 Å².